The van der Waals surface area contributed by atoms with Crippen molar-refractivity contribution >= 4 is 23.0 Å². The molecule has 4 rings (SSSR count). The number of piperidine rings is 1. The van der Waals surface area contributed by atoms with Gasteiger partial charge in [0.05, 0.1) is 4.92 Å². The summed E-state index contributed by atoms with van der Waals surface area (Å²) in [6.07, 6.45) is 2.40. The summed E-state index contributed by atoms with van der Waals surface area (Å²) in [5, 5.41) is 13.8. The van der Waals surface area contributed by atoms with Crippen LogP contribution in [0, 0.1) is 16.0 Å². The molecular weight excluding hydrogens is 382 g/mol. The molecule has 30 heavy (non-hydrogen) atoms. The van der Waals surface area contributed by atoms with Crippen molar-refractivity contribution < 1.29 is 14.1 Å². The highest BCUT2D eigenvalue weighted by molar-refractivity contribution is 6.02. The zero-order chi connectivity index (χ0) is 21.1. The molecule has 0 bridgehead atoms. The summed E-state index contributed by atoms with van der Waals surface area (Å²) in [7, 11) is 0. The van der Waals surface area contributed by atoms with Gasteiger partial charge in [0.1, 0.15) is 5.76 Å². The minimum absolute atomic E-state index is 0.0295. The number of furan rings is 1. The lowest BCUT2D eigenvalue weighted by molar-refractivity contribution is -0.384. The number of nitrogens with one attached hydrogen (secondary N) is 1. The average Bonchev–Trinajstić information content (AvgIpc) is 3.26. The molecule has 0 unspecified atom stereocenters. The number of nitrogens with zero attached hydrogens (tertiary/aromatic N) is 2. The molecule has 0 aliphatic carbocycles. The second-order valence-electron chi connectivity index (χ2n) is 7.64. The first-order valence-electron chi connectivity index (χ1n) is 10.0. The highest BCUT2D eigenvalue weighted by Gasteiger charge is 2.17. The van der Waals surface area contributed by atoms with E-state index in [1.54, 1.807) is 24.3 Å². The van der Waals surface area contributed by atoms with Gasteiger partial charge in [-0.1, -0.05) is 19.1 Å². The van der Waals surface area contributed by atoms with Crippen LogP contribution in [0.3, 0.4) is 0 Å². The van der Waals surface area contributed by atoms with Crippen molar-refractivity contribution in [2.75, 3.05) is 23.3 Å². The van der Waals surface area contributed by atoms with E-state index >= 15 is 0 Å². The standard InChI is InChI=1S/C23H23N3O4/c1-16-11-13-25(14-12-16)19-7-5-18(6-8-19)24-23(27)22-10-9-21(30-22)17-3-2-4-20(15-17)26(28)29/h2-10,15-16H,11-14H2,1H3,(H,24,27). The van der Waals surface area contributed by atoms with E-state index < -0.39 is 4.92 Å². The minimum atomic E-state index is -0.464. The van der Waals surface area contributed by atoms with E-state index in [2.05, 4.69) is 17.1 Å². The van der Waals surface area contributed by atoms with Crippen molar-refractivity contribution in [3.05, 3.63) is 76.5 Å². The summed E-state index contributed by atoms with van der Waals surface area (Å²) < 4.78 is 5.62. The van der Waals surface area contributed by atoms with Gasteiger partial charge in [-0.2, -0.15) is 0 Å². The van der Waals surface area contributed by atoms with E-state index in [0.29, 0.717) is 17.0 Å². The van der Waals surface area contributed by atoms with Crippen molar-refractivity contribution in [1.82, 2.24) is 0 Å². The number of non-ortho nitro benzene ring substituents is 1. The van der Waals surface area contributed by atoms with Crippen molar-refractivity contribution in [3.8, 4) is 11.3 Å². The molecule has 3 aromatic rings. The summed E-state index contributed by atoms with van der Waals surface area (Å²) in [6, 6.07) is 17.1. The lowest BCUT2D eigenvalue weighted by Gasteiger charge is -2.32. The van der Waals surface area contributed by atoms with Crippen molar-refractivity contribution in [1.29, 1.82) is 0 Å². The quantitative estimate of drug-likeness (QED) is 0.457. The summed E-state index contributed by atoms with van der Waals surface area (Å²) >= 11 is 0. The van der Waals surface area contributed by atoms with Gasteiger partial charge in [-0.15, -0.1) is 0 Å². The van der Waals surface area contributed by atoms with Crippen LogP contribution in [0.2, 0.25) is 0 Å². The Hall–Kier alpha value is -3.61. The summed E-state index contributed by atoms with van der Waals surface area (Å²) in [5.74, 6) is 0.954. The van der Waals surface area contributed by atoms with Crippen LogP contribution in [0.15, 0.2) is 65.1 Å². The number of nitro benzene ring substituents is 1. The van der Waals surface area contributed by atoms with Crippen LogP contribution in [0.5, 0.6) is 0 Å². The Morgan fingerprint density at radius 1 is 1.10 bits per heavy atom. The highest BCUT2D eigenvalue weighted by Crippen LogP contribution is 2.27. The first-order chi connectivity index (χ1) is 14.5. The van der Waals surface area contributed by atoms with Crippen LogP contribution in [0.25, 0.3) is 11.3 Å². The molecule has 1 fully saturated rings. The second-order valence-corrected chi connectivity index (χ2v) is 7.64. The van der Waals surface area contributed by atoms with Crippen molar-refractivity contribution in [2.24, 2.45) is 5.92 Å². The number of nitro groups is 1. The van der Waals surface area contributed by atoms with E-state index in [4.69, 9.17) is 4.42 Å². The monoisotopic (exact) mass is 405 g/mol. The number of carbonyl (C=O) groups is 1. The smallest absolute Gasteiger partial charge is 0.291 e. The normalized spacial score (nSPS) is 14.5. The van der Waals surface area contributed by atoms with Gasteiger partial charge in [0, 0.05) is 42.2 Å². The molecule has 2 heterocycles. The highest BCUT2D eigenvalue weighted by atomic mass is 16.6. The fourth-order valence-electron chi connectivity index (χ4n) is 3.60. The zero-order valence-corrected chi connectivity index (χ0v) is 16.7. The van der Waals surface area contributed by atoms with Crippen molar-refractivity contribution in [3.63, 3.8) is 0 Å². The predicted octanol–water partition coefficient (Wildman–Crippen LogP) is 5.34. The van der Waals surface area contributed by atoms with Gasteiger partial charge in [0.25, 0.3) is 11.6 Å². The number of hydrogen-bond donors (Lipinski definition) is 1. The Morgan fingerprint density at radius 2 is 1.83 bits per heavy atom. The number of benzene rings is 2. The molecule has 0 spiro atoms. The van der Waals surface area contributed by atoms with Crippen molar-refractivity contribution in [2.45, 2.75) is 19.8 Å². The van der Waals surface area contributed by atoms with Crippen LogP contribution in [-0.2, 0) is 0 Å². The third kappa shape index (κ3) is 4.35. The van der Waals surface area contributed by atoms with Crippen LogP contribution in [0.1, 0.15) is 30.3 Å². The maximum atomic E-state index is 12.5. The molecule has 154 valence electrons. The van der Waals surface area contributed by atoms with Crippen LogP contribution in [-0.4, -0.2) is 23.9 Å². The average molecular weight is 405 g/mol. The van der Waals surface area contributed by atoms with E-state index in [0.717, 1.165) is 24.7 Å². The molecule has 0 radical (unpaired) electrons. The number of anilines is 2. The number of hydrogen-bond acceptors (Lipinski definition) is 5. The van der Waals surface area contributed by atoms with Crippen LogP contribution >= 0.6 is 0 Å². The van der Waals surface area contributed by atoms with Gasteiger partial charge in [-0.05, 0) is 55.2 Å². The van der Waals surface area contributed by atoms with Crippen LogP contribution in [0.4, 0.5) is 17.1 Å². The number of rotatable bonds is 5. The molecule has 1 N–H and O–H groups in total. The fraction of sp³-hybridized carbons (Fsp3) is 0.261. The lowest BCUT2D eigenvalue weighted by Crippen LogP contribution is -2.32. The first kappa shape index (κ1) is 19.7. The minimum Gasteiger partial charge on any atom is -0.451 e. The lowest BCUT2D eigenvalue weighted by atomic mass is 9.99. The largest absolute Gasteiger partial charge is 0.451 e. The summed E-state index contributed by atoms with van der Waals surface area (Å²) in [6.45, 7) is 4.40. The van der Waals surface area contributed by atoms with E-state index in [1.807, 2.05) is 24.3 Å². The van der Waals surface area contributed by atoms with Gasteiger partial charge in [-0.25, -0.2) is 0 Å². The Morgan fingerprint density at radius 3 is 2.53 bits per heavy atom. The molecule has 1 aliphatic heterocycles. The SMILES string of the molecule is CC1CCN(c2ccc(NC(=O)c3ccc(-c4cccc([N+](=O)[O-])c4)o3)cc2)CC1. The molecule has 7 nitrogen and oxygen atoms in total. The maximum Gasteiger partial charge on any atom is 0.291 e. The molecule has 1 aromatic heterocycles. The van der Waals surface area contributed by atoms with E-state index in [1.165, 1.54) is 25.0 Å². The van der Waals surface area contributed by atoms with Gasteiger partial charge in [0.15, 0.2) is 5.76 Å². The molecule has 1 aliphatic rings. The Kier molecular flexibility index (Phi) is 5.52. The van der Waals surface area contributed by atoms with Gasteiger partial charge in [-0.3, -0.25) is 14.9 Å². The second kappa shape index (κ2) is 8.41. The molecular formula is C23H23N3O4. The summed E-state index contributed by atoms with van der Waals surface area (Å²) in [4.78, 5) is 25.4. The summed E-state index contributed by atoms with van der Waals surface area (Å²) in [5.41, 5.74) is 2.36. The topological polar surface area (TPSA) is 88.6 Å². The number of carbonyl (C=O) groups excluding carboxylic acids is 1. The third-order valence-corrected chi connectivity index (χ3v) is 5.45. The van der Waals surface area contributed by atoms with E-state index in [-0.39, 0.29) is 17.4 Å². The first-order valence-corrected chi connectivity index (χ1v) is 10.0. The van der Waals surface area contributed by atoms with Gasteiger partial charge >= 0.3 is 0 Å². The van der Waals surface area contributed by atoms with Crippen LogP contribution < -0.4 is 10.2 Å². The van der Waals surface area contributed by atoms with Gasteiger partial charge in [0.2, 0.25) is 0 Å². The Balaban J connectivity index is 1.42. The molecule has 2 aromatic carbocycles. The number of amides is 1. The van der Waals surface area contributed by atoms with Gasteiger partial charge < -0.3 is 14.6 Å². The Bertz CT molecular complexity index is 1050. The fourth-order valence-corrected chi connectivity index (χ4v) is 3.60. The predicted molar refractivity (Wildman–Crippen MR) is 116 cm³/mol. The third-order valence-electron chi connectivity index (χ3n) is 5.45. The maximum absolute atomic E-state index is 12.5. The van der Waals surface area contributed by atoms with E-state index in [9.17, 15) is 14.9 Å². The molecule has 1 saturated heterocycles. The Labute approximate surface area is 174 Å². The molecule has 0 atom stereocenters. The molecule has 7 heteroatoms. The molecule has 0 saturated carbocycles. The zero-order valence-electron chi connectivity index (χ0n) is 16.7. The molecule has 1 amide bonds.